The zero-order valence-corrected chi connectivity index (χ0v) is 17.6. The summed E-state index contributed by atoms with van der Waals surface area (Å²) in [6.45, 7) is 13.2. The molecule has 0 aliphatic carbocycles. The van der Waals surface area contributed by atoms with Crippen molar-refractivity contribution in [1.82, 2.24) is 14.1 Å². The molecule has 1 spiro atoms. The summed E-state index contributed by atoms with van der Waals surface area (Å²) in [5.74, 6) is 0.267. The van der Waals surface area contributed by atoms with Gasteiger partial charge in [-0.2, -0.15) is 0 Å². The fourth-order valence-electron chi connectivity index (χ4n) is 4.84. The molecular weight excluding hydrogens is 350 g/mol. The molecule has 0 N–H and O–H groups in total. The van der Waals surface area contributed by atoms with Gasteiger partial charge >= 0.3 is 0 Å². The molecule has 3 aliphatic heterocycles. The SMILES string of the molecule is CCCS(=O)(=O)N1CCC2(CC1)C[C@H](N1CCN(C(C)C)CC1)CCO2. The minimum absolute atomic E-state index is 0.101. The van der Waals surface area contributed by atoms with E-state index in [1.165, 1.54) is 0 Å². The average Bonchev–Trinajstić information content (AvgIpc) is 2.62. The first-order valence-electron chi connectivity index (χ1n) is 10.5. The zero-order chi connectivity index (χ0) is 18.8. The molecule has 3 fully saturated rings. The van der Waals surface area contributed by atoms with Gasteiger partial charge in [-0.1, -0.05) is 6.92 Å². The molecule has 0 aromatic carbocycles. The summed E-state index contributed by atoms with van der Waals surface area (Å²) in [6.07, 6.45) is 4.55. The van der Waals surface area contributed by atoms with Crippen LogP contribution in [-0.2, 0) is 14.8 Å². The van der Waals surface area contributed by atoms with E-state index in [-0.39, 0.29) is 11.4 Å². The maximum Gasteiger partial charge on any atom is 0.214 e. The van der Waals surface area contributed by atoms with Crippen LogP contribution in [0.15, 0.2) is 0 Å². The van der Waals surface area contributed by atoms with Crippen LogP contribution in [-0.4, -0.2) is 91.8 Å². The Labute approximate surface area is 159 Å². The van der Waals surface area contributed by atoms with Crippen LogP contribution in [0.1, 0.15) is 52.9 Å². The Morgan fingerprint density at radius 1 is 1.08 bits per heavy atom. The summed E-state index contributed by atoms with van der Waals surface area (Å²) < 4.78 is 32.6. The van der Waals surface area contributed by atoms with E-state index in [4.69, 9.17) is 4.74 Å². The van der Waals surface area contributed by atoms with E-state index in [1.54, 1.807) is 4.31 Å². The zero-order valence-electron chi connectivity index (χ0n) is 16.8. The molecule has 152 valence electrons. The fraction of sp³-hybridized carbons (Fsp3) is 1.00. The second-order valence-electron chi connectivity index (χ2n) is 8.56. The second-order valence-corrected chi connectivity index (χ2v) is 10.6. The average molecular weight is 388 g/mol. The maximum absolute atomic E-state index is 12.3. The molecule has 3 rings (SSSR count). The molecule has 3 saturated heterocycles. The van der Waals surface area contributed by atoms with Crippen LogP contribution in [0, 0.1) is 0 Å². The number of ether oxygens (including phenoxy) is 1. The highest BCUT2D eigenvalue weighted by molar-refractivity contribution is 7.89. The topological polar surface area (TPSA) is 53.1 Å². The van der Waals surface area contributed by atoms with Gasteiger partial charge < -0.3 is 4.74 Å². The molecule has 0 aromatic heterocycles. The third-order valence-electron chi connectivity index (χ3n) is 6.55. The van der Waals surface area contributed by atoms with Crippen LogP contribution in [0.3, 0.4) is 0 Å². The van der Waals surface area contributed by atoms with E-state index in [0.29, 0.717) is 31.6 Å². The second kappa shape index (κ2) is 8.43. The quantitative estimate of drug-likeness (QED) is 0.720. The lowest BCUT2D eigenvalue weighted by molar-refractivity contribution is -0.130. The number of hydrogen-bond acceptors (Lipinski definition) is 5. The Hall–Kier alpha value is -0.210. The largest absolute Gasteiger partial charge is 0.375 e. The minimum atomic E-state index is -3.08. The van der Waals surface area contributed by atoms with E-state index in [9.17, 15) is 8.42 Å². The van der Waals surface area contributed by atoms with Crippen molar-refractivity contribution in [3.05, 3.63) is 0 Å². The highest BCUT2D eigenvalue weighted by Gasteiger charge is 2.43. The molecular formula is C19H37N3O3S. The van der Waals surface area contributed by atoms with Gasteiger partial charge in [-0.15, -0.1) is 0 Å². The Balaban J connectivity index is 1.54. The molecule has 0 unspecified atom stereocenters. The van der Waals surface area contributed by atoms with Gasteiger partial charge in [0.15, 0.2) is 0 Å². The first-order chi connectivity index (χ1) is 12.4. The number of piperidine rings is 1. The van der Waals surface area contributed by atoms with Gasteiger partial charge in [0.2, 0.25) is 10.0 Å². The van der Waals surface area contributed by atoms with E-state index in [0.717, 1.165) is 58.5 Å². The normalized spacial score (nSPS) is 29.5. The molecule has 1 atom stereocenters. The molecule has 0 radical (unpaired) electrons. The van der Waals surface area contributed by atoms with Crippen LogP contribution >= 0.6 is 0 Å². The van der Waals surface area contributed by atoms with Crippen molar-refractivity contribution in [2.75, 3.05) is 51.6 Å². The summed E-state index contributed by atoms with van der Waals surface area (Å²) >= 11 is 0. The van der Waals surface area contributed by atoms with Gasteiger partial charge in [-0.25, -0.2) is 12.7 Å². The summed E-state index contributed by atoms with van der Waals surface area (Å²) in [7, 11) is -3.08. The number of piperazine rings is 1. The molecule has 3 aliphatic rings. The van der Waals surface area contributed by atoms with Gasteiger partial charge in [0.1, 0.15) is 0 Å². The van der Waals surface area contributed by atoms with Crippen LogP contribution < -0.4 is 0 Å². The van der Waals surface area contributed by atoms with Crippen molar-refractivity contribution in [2.45, 2.75) is 70.6 Å². The fourth-order valence-corrected chi connectivity index (χ4v) is 6.35. The molecule has 0 bridgehead atoms. The van der Waals surface area contributed by atoms with Gasteiger partial charge in [0.05, 0.1) is 11.4 Å². The van der Waals surface area contributed by atoms with Crippen LogP contribution in [0.5, 0.6) is 0 Å². The van der Waals surface area contributed by atoms with Gasteiger partial charge in [0.25, 0.3) is 0 Å². The third kappa shape index (κ3) is 4.61. The monoisotopic (exact) mass is 387 g/mol. The number of hydrogen-bond donors (Lipinski definition) is 0. The number of nitrogens with zero attached hydrogens (tertiary/aromatic N) is 3. The predicted octanol–water partition coefficient (Wildman–Crippen LogP) is 1.77. The van der Waals surface area contributed by atoms with E-state index < -0.39 is 10.0 Å². The van der Waals surface area contributed by atoms with Crippen LogP contribution in [0.2, 0.25) is 0 Å². The molecule has 26 heavy (non-hydrogen) atoms. The lowest BCUT2D eigenvalue weighted by Gasteiger charge is -2.49. The maximum atomic E-state index is 12.3. The van der Waals surface area contributed by atoms with Gasteiger partial charge in [-0.3, -0.25) is 9.80 Å². The van der Waals surface area contributed by atoms with Crippen molar-refractivity contribution in [3.63, 3.8) is 0 Å². The standard InChI is InChI=1S/C19H37N3O3S/c1-4-15-26(23,24)22-8-6-19(7-9-22)16-18(5-14-25-19)21-12-10-20(11-13-21)17(2)3/h17-18H,4-16H2,1-3H3/t18-/m1/s1. The van der Waals surface area contributed by atoms with E-state index >= 15 is 0 Å². The van der Waals surface area contributed by atoms with Crippen molar-refractivity contribution in [1.29, 1.82) is 0 Å². The first kappa shape index (κ1) is 20.5. The minimum Gasteiger partial charge on any atom is -0.375 e. The Kier molecular flexibility index (Phi) is 6.66. The lowest BCUT2D eigenvalue weighted by Crippen LogP contribution is -2.58. The van der Waals surface area contributed by atoms with Crippen LogP contribution in [0.25, 0.3) is 0 Å². The van der Waals surface area contributed by atoms with Crippen LogP contribution in [0.4, 0.5) is 0 Å². The van der Waals surface area contributed by atoms with Crippen molar-refractivity contribution >= 4 is 10.0 Å². The Bertz CT molecular complexity index is 550. The molecule has 6 nitrogen and oxygen atoms in total. The van der Waals surface area contributed by atoms with E-state index in [2.05, 4.69) is 23.6 Å². The van der Waals surface area contributed by atoms with Gasteiger partial charge in [0, 0.05) is 58.0 Å². The summed E-state index contributed by atoms with van der Waals surface area (Å²) in [5.41, 5.74) is -0.101. The summed E-state index contributed by atoms with van der Waals surface area (Å²) in [6, 6.07) is 1.23. The lowest BCUT2D eigenvalue weighted by atomic mass is 9.82. The third-order valence-corrected chi connectivity index (χ3v) is 8.63. The first-order valence-corrected chi connectivity index (χ1v) is 12.1. The number of sulfonamides is 1. The Morgan fingerprint density at radius 2 is 1.73 bits per heavy atom. The van der Waals surface area contributed by atoms with E-state index in [1.807, 2.05) is 6.92 Å². The number of rotatable bonds is 5. The highest BCUT2D eigenvalue weighted by Crippen LogP contribution is 2.37. The molecule has 0 amide bonds. The van der Waals surface area contributed by atoms with Crippen molar-refractivity contribution < 1.29 is 13.2 Å². The molecule has 7 heteroatoms. The summed E-state index contributed by atoms with van der Waals surface area (Å²) in [4.78, 5) is 5.21. The smallest absolute Gasteiger partial charge is 0.214 e. The van der Waals surface area contributed by atoms with Gasteiger partial charge in [-0.05, 0) is 46.0 Å². The molecule has 3 heterocycles. The summed E-state index contributed by atoms with van der Waals surface area (Å²) in [5, 5.41) is 0. The Morgan fingerprint density at radius 3 is 2.31 bits per heavy atom. The highest BCUT2D eigenvalue weighted by atomic mass is 32.2. The van der Waals surface area contributed by atoms with Crippen molar-refractivity contribution in [3.8, 4) is 0 Å². The molecule has 0 aromatic rings. The van der Waals surface area contributed by atoms with Crippen molar-refractivity contribution in [2.24, 2.45) is 0 Å². The predicted molar refractivity (Wildman–Crippen MR) is 105 cm³/mol. The molecule has 0 saturated carbocycles.